The molecule has 0 aliphatic rings. The maximum atomic E-state index is 12.5. The molecule has 7 nitrogen and oxygen atoms in total. The summed E-state index contributed by atoms with van der Waals surface area (Å²) in [6.45, 7) is 2.06. The number of rotatable bonds is 8. The lowest BCUT2D eigenvalue weighted by atomic mass is 10.2. The molecule has 0 radical (unpaired) electrons. The lowest BCUT2D eigenvalue weighted by molar-refractivity contribution is -0.116. The van der Waals surface area contributed by atoms with E-state index in [1.807, 2.05) is 6.92 Å². The average molecular weight is 458 g/mol. The van der Waals surface area contributed by atoms with Crippen LogP contribution in [0.4, 0.5) is 5.69 Å². The van der Waals surface area contributed by atoms with Crippen LogP contribution >= 0.6 is 23.2 Å². The van der Waals surface area contributed by atoms with Crippen molar-refractivity contribution in [1.29, 1.82) is 0 Å². The second kappa shape index (κ2) is 10.1. The number of likely N-dealkylation sites (N-methyl/N-ethyl adjacent to an activating group) is 1. The Morgan fingerprint density at radius 1 is 1.07 bits per heavy atom. The summed E-state index contributed by atoms with van der Waals surface area (Å²) in [5, 5.41) is 5.88. The molecule has 0 unspecified atom stereocenters. The Balaban J connectivity index is 2.04. The van der Waals surface area contributed by atoms with Crippen molar-refractivity contribution in [1.82, 2.24) is 9.62 Å². The number of anilines is 1. The number of halogens is 2. The molecule has 0 aliphatic heterocycles. The molecule has 0 heterocycles. The van der Waals surface area contributed by atoms with Gasteiger partial charge in [-0.25, -0.2) is 8.42 Å². The van der Waals surface area contributed by atoms with Crippen molar-refractivity contribution in [3.05, 3.63) is 58.1 Å². The zero-order valence-corrected chi connectivity index (χ0v) is 18.2. The fourth-order valence-electron chi connectivity index (χ4n) is 2.39. The van der Waals surface area contributed by atoms with Gasteiger partial charge in [-0.1, -0.05) is 30.1 Å². The van der Waals surface area contributed by atoms with Crippen molar-refractivity contribution in [3.8, 4) is 0 Å². The zero-order valence-electron chi connectivity index (χ0n) is 15.9. The van der Waals surface area contributed by atoms with E-state index < -0.39 is 22.5 Å². The molecule has 0 atom stereocenters. The number of nitrogens with zero attached hydrogens (tertiary/aromatic N) is 1. The van der Waals surface area contributed by atoms with Crippen molar-refractivity contribution in [2.45, 2.75) is 18.2 Å². The molecule has 0 aliphatic carbocycles. The molecule has 2 aromatic carbocycles. The van der Waals surface area contributed by atoms with Crippen LogP contribution in [-0.2, 0) is 14.8 Å². The van der Waals surface area contributed by atoms with Crippen LogP contribution < -0.4 is 10.6 Å². The minimum absolute atomic E-state index is 0.0303. The van der Waals surface area contributed by atoms with Gasteiger partial charge in [0.15, 0.2) is 0 Å². The fraction of sp³-hybridized carbons (Fsp3) is 0.263. The predicted octanol–water partition coefficient (Wildman–Crippen LogP) is 3.39. The SMILES string of the molecule is CCCNC(=O)c1ccc(NC(=O)CN(C)S(=O)(=O)c2ccc(Cl)cc2)cc1Cl. The van der Waals surface area contributed by atoms with Gasteiger partial charge in [-0.15, -0.1) is 0 Å². The molecule has 2 N–H and O–H groups in total. The molecule has 0 saturated heterocycles. The molecule has 2 rings (SSSR count). The van der Waals surface area contributed by atoms with Gasteiger partial charge in [-0.05, 0) is 48.9 Å². The normalized spacial score (nSPS) is 11.3. The number of sulfonamides is 1. The standard InChI is InChI=1S/C19H21Cl2N3O4S/c1-3-10-22-19(26)16-9-6-14(11-17(16)21)23-18(25)12-24(2)29(27,28)15-7-4-13(20)5-8-15/h4-9,11H,3,10,12H2,1-2H3,(H,22,26)(H,23,25). The lowest BCUT2D eigenvalue weighted by Gasteiger charge is -2.17. The van der Waals surface area contributed by atoms with Crippen molar-refractivity contribution < 1.29 is 18.0 Å². The van der Waals surface area contributed by atoms with Gasteiger partial charge >= 0.3 is 0 Å². The van der Waals surface area contributed by atoms with Crippen molar-refractivity contribution >= 4 is 50.7 Å². The summed E-state index contributed by atoms with van der Waals surface area (Å²) in [6, 6.07) is 10.1. The number of carbonyl (C=O) groups is 2. The summed E-state index contributed by atoms with van der Waals surface area (Å²) >= 11 is 11.9. The predicted molar refractivity (Wildman–Crippen MR) is 114 cm³/mol. The molecular weight excluding hydrogens is 437 g/mol. The highest BCUT2D eigenvalue weighted by molar-refractivity contribution is 7.89. The topological polar surface area (TPSA) is 95.6 Å². The van der Waals surface area contributed by atoms with Gasteiger partial charge in [-0.3, -0.25) is 9.59 Å². The van der Waals surface area contributed by atoms with Crippen LogP contribution in [0.1, 0.15) is 23.7 Å². The van der Waals surface area contributed by atoms with Gasteiger partial charge in [0.25, 0.3) is 5.91 Å². The Morgan fingerprint density at radius 2 is 1.72 bits per heavy atom. The first-order valence-corrected chi connectivity index (χ1v) is 10.9. The van der Waals surface area contributed by atoms with E-state index in [1.165, 1.54) is 49.5 Å². The minimum Gasteiger partial charge on any atom is -0.352 e. The van der Waals surface area contributed by atoms with E-state index in [1.54, 1.807) is 0 Å². The van der Waals surface area contributed by atoms with Crippen LogP contribution in [0, 0.1) is 0 Å². The molecule has 156 valence electrons. The van der Waals surface area contributed by atoms with E-state index in [0.29, 0.717) is 22.8 Å². The van der Waals surface area contributed by atoms with Gasteiger partial charge in [0, 0.05) is 24.3 Å². The maximum Gasteiger partial charge on any atom is 0.252 e. The van der Waals surface area contributed by atoms with Gasteiger partial charge in [-0.2, -0.15) is 4.31 Å². The molecular formula is C19H21Cl2N3O4S. The number of amides is 2. The molecule has 0 spiro atoms. The van der Waals surface area contributed by atoms with Crippen molar-refractivity contribution in [2.75, 3.05) is 25.5 Å². The molecule has 2 aromatic rings. The fourth-order valence-corrected chi connectivity index (χ4v) is 3.90. The smallest absolute Gasteiger partial charge is 0.252 e. The van der Waals surface area contributed by atoms with Gasteiger partial charge in [0.2, 0.25) is 15.9 Å². The maximum absolute atomic E-state index is 12.5. The largest absolute Gasteiger partial charge is 0.352 e. The number of carbonyl (C=O) groups excluding carboxylic acids is 2. The molecule has 0 fully saturated rings. The highest BCUT2D eigenvalue weighted by Crippen LogP contribution is 2.22. The number of benzene rings is 2. The molecule has 0 bridgehead atoms. The Labute approximate surface area is 180 Å². The van der Waals surface area contributed by atoms with E-state index in [0.717, 1.165) is 10.7 Å². The van der Waals surface area contributed by atoms with Crippen LogP contribution in [0.2, 0.25) is 10.0 Å². The molecule has 2 amide bonds. The third-order valence-corrected chi connectivity index (χ3v) is 6.30. The Bertz CT molecular complexity index is 995. The van der Waals surface area contributed by atoms with Crippen LogP contribution in [0.5, 0.6) is 0 Å². The number of hydrogen-bond donors (Lipinski definition) is 2. The van der Waals surface area contributed by atoms with E-state index in [4.69, 9.17) is 23.2 Å². The van der Waals surface area contributed by atoms with Crippen molar-refractivity contribution in [3.63, 3.8) is 0 Å². The number of hydrogen-bond acceptors (Lipinski definition) is 4. The minimum atomic E-state index is -3.84. The van der Waals surface area contributed by atoms with Gasteiger partial charge < -0.3 is 10.6 Å². The highest BCUT2D eigenvalue weighted by Gasteiger charge is 2.23. The second-order valence-electron chi connectivity index (χ2n) is 6.21. The van der Waals surface area contributed by atoms with Crippen molar-refractivity contribution in [2.24, 2.45) is 0 Å². The van der Waals surface area contributed by atoms with E-state index in [2.05, 4.69) is 10.6 Å². The summed E-state index contributed by atoms with van der Waals surface area (Å²) in [5.74, 6) is -0.854. The van der Waals surface area contributed by atoms with Gasteiger partial charge in [0.05, 0.1) is 22.0 Å². The second-order valence-corrected chi connectivity index (χ2v) is 9.10. The quantitative estimate of drug-likeness (QED) is 0.634. The van der Waals surface area contributed by atoms with Gasteiger partial charge in [0.1, 0.15) is 0 Å². The highest BCUT2D eigenvalue weighted by atomic mass is 35.5. The molecule has 0 saturated carbocycles. The first kappa shape index (κ1) is 23.2. The Hall–Kier alpha value is -2.13. The van der Waals surface area contributed by atoms with E-state index in [9.17, 15) is 18.0 Å². The first-order valence-electron chi connectivity index (χ1n) is 8.74. The summed E-state index contributed by atoms with van der Waals surface area (Å²) in [7, 11) is -2.54. The lowest BCUT2D eigenvalue weighted by Crippen LogP contribution is -2.35. The van der Waals surface area contributed by atoms with E-state index in [-0.39, 0.29) is 15.8 Å². The molecule has 0 aromatic heterocycles. The summed E-state index contributed by atoms with van der Waals surface area (Å²) < 4.78 is 26.0. The summed E-state index contributed by atoms with van der Waals surface area (Å²) in [6.07, 6.45) is 0.796. The monoisotopic (exact) mass is 457 g/mol. The van der Waals surface area contributed by atoms with Crippen LogP contribution in [-0.4, -0.2) is 44.7 Å². The summed E-state index contributed by atoms with van der Waals surface area (Å²) in [5.41, 5.74) is 0.643. The van der Waals surface area contributed by atoms with E-state index >= 15 is 0 Å². The average Bonchev–Trinajstić information content (AvgIpc) is 2.66. The molecule has 29 heavy (non-hydrogen) atoms. The molecule has 10 heteroatoms. The van der Waals surface area contributed by atoms with Crippen LogP contribution in [0.3, 0.4) is 0 Å². The van der Waals surface area contributed by atoms with Crippen LogP contribution in [0.15, 0.2) is 47.4 Å². The first-order chi connectivity index (χ1) is 13.6. The zero-order chi connectivity index (χ0) is 21.6. The Kier molecular flexibility index (Phi) is 8.04. The van der Waals surface area contributed by atoms with Crippen LogP contribution in [0.25, 0.3) is 0 Å². The number of nitrogens with one attached hydrogen (secondary N) is 2. The summed E-state index contributed by atoms with van der Waals surface area (Å²) in [4.78, 5) is 24.3. The Morgan fingerprint density at radius 3 is 2.31 bits per heavy atom. The third-order valence-electron chi connectivity index (χ3n) is 3.92. The third kappa shape index (κ3) is 6.17.